The summed E-state index contributed by atoms with van der Waals surface area (Å²) in [5, 5.41) is 5.77. The second kappa shape index (κ2) is 6.37. The summed E-state index contributed by atoms with van der Waals surface area (Å²) in [6.45, 7) is 1.39. The van der Waals surface area contributed by atoms with E-state index in [2.05, 4.69) is 46.7 Å². The molecule has 2 aromatic carbocycles. The minimum Gasteiger partial charge on any atom is -0.380 e. The molecule has 3 nitrogen and oxygen atoms in total. The molecule has 0 saturated heterocycles. The molecule has 0 fully saturated rings. The molecule has 0 aliphatic rings. The van der Waals surface area contributed by atoms with Gasteiger partial charge >= 0.3 is 0 Å². The zero-order valence-corrected chi connectivity index (χ0v) is 12.0. The van der Waals surface area contributed by atoms with E-state index in [1.54, 1.807) is 7.11 Å². The molecule has 0 amide bonds. The van der Waals surface area contributed by atoms with Crippen LogP contribution >= 0.6 is 0 Å². The third kappa shape index (κ3) is 3.20. The fourth-order valence-electron chi connectivity index (χ4n) is 2.44. The molecule has 3 heteroatoms. The summed E-state index contributed by atoms with van der Waals surface area (Å²) in [5.74, 6) is 0.922. The van der Waals surface area contributed by atoms with Crippen LogP contribution in [0.3, 0.4) is 0 Å². The van der Waals surface area contributed by atoms with E-state index in [4.69, 9.17) is 4.74 Å². The SMILES string of the molecule is COCc1cccc(CNc2nccc3ccccc23)c1. The monoisotopic (exact) mass is 278 g/mol. The van der Waals surface area contributed by atoms with Gasteiger partial charge in [0, 0.05) is 25.2 Å². The van der Waals surface area contributed by atoms with Gasteiger partial charge in [0.25, 0.3) is 0 Å². The van der Waals surface area contributed by atoms with Crippen LogP contribution in [0.2, 0.25) is 0 Å². The van der Waals surface area contributed by atoms with Gasteiger partial charge in [0.05, 0.1) is 6.61 Å². The number of hydrogen-bond acceptors (Lipinski definition) is 3. The van der Waals surface area contributed by atoms with E-state index < -0.39 is 0 Å². The van der Waals surface area contributed by atoms with Crippen LogP contribution in [0.4, 0.5) is 5.82 Å². The molecule has 1 aromatic heterocycles. The first-order valence-corrected chi connectivity index (χ1v) is 7.01. The fourth-order valence-corrected chi connectivity index (χ4v) is 2.44. The second-order valence-electron chi connectivity index (χ2n) is 4.99. The van der Waals surface area contributed by atoms with Crippen LogP contribution in [0.1, 0.15) is 11.1 Å². The molecule has 3 rings (SSSR count). The number of benzene rings is 2. The third-order valence-electron chi connectivity index (χ3n) is 3.44. The molecular weight excluding hydrogens is 260 g/mol. The van der Waals surface area contributed by atoms with Gasteiger partial charge in [0.1, 0.15) is 5.82 Å². The summed E-state index contributed by atoms with van der Waals surface area (Å²) in [6.07, 6.45) is 1.84. The van der Waals surface area contributed by atoms with Crippen molar-refractivity contribution >= 4 is 16.6 Å². The maximum atomic E-state index is 5.17. The Kier molecular flexibility index (Phi) is 4.12. The molecule has 0 bridgehead atoms. The number of fused-ring (bicyclic) bond motifs is 1. The molecule has 1 N–H and O–H groups in total. The van der Waals surface area contributed by atoms with Gasteiger partial charge in [-0.2, -0.15) is 0 Å². The van der Waals surface area contributed by atoms with Crippen molar-refractivity contribution in [1.29, 1.82) is 0 Å². The number of nitrogens with zero attached hydrogens (tertiary/aromatic N) is 1. The number of pyridine rings is 1. The lowest BCUT2D eigenvalue weighted by molar-refractivity contribution is 0.185. The minimum absolute atomic E-state index is 0.639. The van der Waals surface area contributed by atoms with Gasteiger partial charge in [0.15, 0.2) is 0 Å². The smallest absolute Gasteiger partial charge is 0.134 e. The van der Waals surface area contributed by atoms with Crippen LogP contribution in [-0.4, -0.2) is 12.1 Å². The minimum atomic E-state index is 0.639. The van der Waals surface area contributed by atoms with Crippen LogP contribution in [0.25, 0.3) is 10.8 Å². The Hall–Kier alpha value is -2.39. The Balaban J connectivity index is 1.79. The lowest BCUT2D eigenvalue weighted by Gasteiger charge is -2.09. The van der Waals surface area contributed by atoms with Crippen LogP contribution in [0.5, 0.6) is 0 Å². The molecule has 0 saturated carbocycles. The Bertz CT molecular complexity index is 735. The Morgan fingerprint density at radius 3 is 2.76 bits per heavy atom. The van der Waals surface area contributed by atoms with Crippen molar-refractivity contribution in [1.82, 2.24) is 4.98 Å². The standard InChI is InChI=1S/C18H18N2O/c1-21-13-15-6-4-5-14(11-15)12-20-18-17-8-3-2-7-16(17)9-10-19-18/h2-11H,12-13H2,1H3,(H,19,20). The molecule has 0 atom stereocenters. The van der Waals surface area contributed by atoms with E-state index in [-0.39, 0.29) is 0 Å². The van der Waals surface area contributed by atoms with Crippen molar-refractivity contribution in [3.63, 3.8) is 0 Å². The average Bonchev–Trinajstić information content (AvgIpc) is 2.53. The van der Waals surface area contributed by atoms with Crippen molar-refractivity contribution < 1.29 is 4.74 Å². The molecule has 106 valence electrons. The highest BCUT2D eigenvalue weighted by Gasteiger charge is 2.02. The predicted molar refractivity (Wildman–Crippen MR) is 86.2 cm³/mol. The molecule has 3 aromatic rings. The van der Waals surface area contributed by atoms with Crippen LogP contribution in [0.15, 0.2) is 60.8 Å². The number of aromatic nitrogens is 1. The number of methoxy groups -OCH3 is 1. The number of ether oxygens (including phenoxy) is 1. The normalized spacial score (nSPS) is 10.7. The van der Waals surface area contributed by atoms with Crippen LogP contribution in [-0.2, 0) is 17.9 Å². The molecule has 0 spiro atoms. The van der Waals surface area contributed by atoms with Crippen molar-refractivity contribution in [2.45, 2.75) is 13.2 Å². The quantitative estimate of drug-likeness (QED) is 0.766. The molecule has 0 aliphatic carbocycles. The summed E-state index contributed by atoms with van der Waals surface area (Å²) in [4.78, 5) is 4.44. The zero-order valence-electron chi connectivity index (χ0n) is 12.0. The topological polar surface area (TPSA) is 34.1 Å². The third-order valence-corrected chi connectivity index (χ3v) is 3.44. The zero-order chi connectivity index (χ0) is 14.5. The van der Waals surface area contributed by atoms with E-state index in [0.717, 1.165) is 17.7 Å². The van der Waals surface area contributed by atoms with Crippen molar-refractivity contribution in [2.75, 3.05) is 12.4 Å². The molecule has 0 aliphatic heterocycles. The lowest BCUT2D eigenvalue weighted by Crippen LogP contribution is -2.02. The number of hydrogen-bond donors (Lipinski definition) is 1. The molecule has 1 heterocycles. The highest BCUT2D eigenvalue weighted by molar-refractivity contribution is 5.91. The van der Waals surface area contributed by atoms with E-state index >= 15 is 0 Å². The van der Waals surface area contributed by atoms with Crippen molar-refractivity contribution in [2.24, 2.45) is 0 Å². The summed E-state index contributed by atoms with van der Waals surface area (Å²) < 4.78 is 5.17. The Morgan fingerprint density at radius 2 is 1.86 bits per heavy atom. The maximum absolute atomic E-state index is 5.17. The maximum Gasteiger partial charge on any atom is 0.134 e. The summed E-state index contributed by atoms with van der Waals surface area (Å²) in [6, 6.07) is 18.7. The second-order valence-corrected chi connectivity index (χ2v) is 4.99. The van der Waals surface area contributed by atoms with Gasteiger partial charge in [-0.3, -0.25) is 0 Å². The lowest BCUT2D eigenvalue weighted by atomic mass is 10.1. The number of anilines is 1. The first-order valence-electron chi connectivity index (χ1n) is 7.01. The molecule has 0 unspecified atom stereocenters. The van der Waals surface area contributed by atoms with Gasteiger partial charge in [-0.15, -0.1) is 0 Å². The van der Waals surface area contributed by atoms with Gasteiger partial charge in [-0.1, -0.05) is 48.5 Å². The van der Waals surface area contributed by atoms with E-state index in [1.165, 1.54) is 16.5 Å². The van der Waals surface area contributed by atoms with Gasteiger partial charge in [-0.25, -0.2) is 4.98 Å². The van der Waals surface area contributed by atoms with Crippen molar-refractivity contribution in [3.8, 4) is 0 Å². The highest BCUT2D eigenvalue weighted by atomic mass is 16.5. The molecule has 21 heavy (non-hydrogen) atoms. The summed E-state index contributed by atoms with van der Waals surface area (Å²) >= 11 is 0. The van der Waals surface area contributed by atoms with Crippen LogP contribution in [0, 0.1) is 0 Å². The first kappa shape index (κ1) is 13.6. The number of rotatable bonds is 5. The summed E-state index contributed by atoms with van der Waals surface area (Å²) in [7, 11) is 1.71. The van der Waals surface area contributed by atoms with Crippen molar-refractivity contribution in [3.05, 3.63) is 71.9 Å². The van der Waals surface area contributed by atoms with Gasteiger partial charge < -0.3 is 10.1 Å². The summed E-state index contributed by atoms with van der Waals surface area (Å²) in [5.41, 5.74) is 2.40. The Morgan fingerprint density at radius 1 is 1.00 bits per heavy atom. The predicted octanol–water partition coefficient (Wildman–Crippen LogP) is 3.99. The van der Waals surface area contributed by atoms with E-state index in [9.17, 15) is 0 Å². The average molecular weight is 278 g/mol. The largest absolute Gasteiger partial charge is 0.380 e. The molecule has 0 radical (unpaired) electrons. The number of nitrogens with one attached hydrogen (secondary N) is 1. The first-order chi connectivity index (χ1) is 10.4. The fraction of sp³-hybridized carbons (Fsp3) is 0.167. The van der Waals surface area contributed by atoms with Gasteiger partial charge in [-0.05, 0) is 22.6 Å². The highest BCUT2D eigenvalue weighted by Crippen LogP contribution is 2.21. The molecular formula is C18H18N2O. The van der Waals surface area contributed by atoms with Crippen LogP contribution < -0.4 is 5.32 Å². The Labute approximate surface area is 124 Å². The van der Waals surface area contributed by atoms with E-state index in [0.29, 0.717) is 6.61 Å². The van der Waals surface area contributed by atoms with Gasteiger partial charge in [0.2, 0.25) is 0 Å². The van der Waals surface area contributed by atoms with E-state index in [1.807, 2.05) is 24.4 Å².